The molecule has 1 atom stereocenters. The molecule has 2 aromatic rings. The molecule has 7 nitrogen and oxygen atoms in total. The number of aliphatic imine (C=N–C) groups is 1. The number of benzene rings is 2. The molecular weight excluding hydrogens is 402 g/mol. The highest BCUT2D eigenvalue weighted by atomic mass is 35.5. The Morgan fingerprint density at radius 2 is 1.86 bits per heavy atom. The van der Waals surface area contributed by atoms with Gasteiger partial charge in [-0.2, -0.15) is 0 Å². The molecule has 9 heteroatoms. The fourth-order valence-electron chi connectivity index (χ4n) is 2.85. The van der Waals surface area contributed by atoms with E-state index in [1.165, 1.54) is 12.1 Å². The van der Waals surface area contributed by atoms with Gasteiger partial charge in [0, 0.05) is 16.3 Å². The van der Waals surface area contributed by atoms with E-state index in [-0.39, 0.29) is 11.4 Å². The highest BCUT2D eigenvalue weighted by molar-refractivity contribution is 7.89. The first-order valence-corrected chi connectivity index (χ1v) is 10.8. The van der Waals surface area contributed by atoms with Crippen LogP contribution in [0.1, 0.15) is 25.3 Å². The molecule has 0 radical (unpaired) electrons. The van der Waals surface area contributed by atoms with Crippen LogP contribution in [-0.4, -0.2) is 38.4 Å². The molecule has 150 valence electrons. The summed E-state index contributed by atoms with van der Waals surface area (Å²) in [7, 11) is -3.79. The lowest BCUT2D eigenvalue weighted by atomic mass is 10.2. The molecule has 2 aromatic carbocycles. The minimum absolute atomic E-state index is 0.00915. The predicted molar refractivity (Wildman–Crippen MR) is 109 cm³/mol. The van der Waals surface area contributed by atoms with Crippen molar-refractivity contribution in [1.82, 2.24) is 0 Å². The number of ether oxygens (including phenoxy) is 1. The van der Waals surface area contributed by atoms with Crippen LogP contribution in [0.25, 0.3) is 0 Å². The lowest BCUT2D eigenvalue weighted by molar-refractivity contribution is -0.184. The van der Waals surface area contributed by atoms with Crippen molar-refractivity contribution in [2.75, 3.05) is 18.1 Å². The van der Waals surface area contributed by atoms with Crippen molar-refractivity contribution in [1.29, 1.82) is 0 Å². The van der Waals surface area contributed by atoms with Crippen LogP contribution in [0, 0.1) is 0 Å². The van der Waals surface area contributed by atoms with E-state index in [1.807, 2.05) is 6.92 Å². The Kier molecular flexibility index (Phi) is 6.07. The second-order valence-corrected chi connectivity index (χ2v) is 8.51. The van der Waals surface area contributed by atoms with Crippen LogP contribution in [0.5, 0.6) is 0 Å². The maximum atomic E-state index is 11.5. The van der Waals surface area contributed by atoms with Crippen molar-refractivity contribution >= 4 is 33.1 Å². The molecule has 0 fully saturated rings. The molecule has 3 N–H and O–H groups in total. The molecular formula is C19H22ClN3O4S. The number of halogens is 1. The highest BCUT2D eigenvalue weighted by Gasteiger charge is 2.39. The molecule has 1 aliphatic rings. The number of primary sulfonamides is 1. The number of hydrogen-bond acceptors (Lipinski definition) is 6. The highest BCUT2D eigenvalue weighted by Crippen LogP contribution is 2.30. The van der Waals surface area contributed by atoms with E-state index in [9.17, 15) is 13.5 Å². The zero-order valence-electron chi connectivity index (χ0n) is 15.4. The van der Waals surface area contributed by atoms with Crippen molar-refractivity contribution in [3.8, 4) is 0 Å². The van der Waals surface area contributed by atoms with Crippen LogP contribution in [0.2, 0.25) is 5.02 Å². The number of rotatable bonds is 7. The van der Waals surface area contributed by atoms with Crippen LogP contribution in [0.4, 0.5) is 5.69 Å². The van der Waals surface area contributed by atoms with Crippen molar-refractivity contribution < 1.29 is 18.3 Å². The van der Waals surface area contributed by atoms with E-state index in [4.69, 9.17) is 21.5 Å². The third-order valence-electron chi connectivity index (χ3n) is 4.31. The van der Waals surface area contributed by atoms with Crippen molar-refractivity contribution in [2.45, 2.75) is 30.6 Å². The first-order valence-electron chi connectivity index (χ1n) is 8.84. The average molecular weight is 424 g/mol. The molecule has 3 rings (SSSR count). The molecule has 0 amide bonds. The van der Waals surface area contributed by atoms with Gasteiger partial charge in [-0.3, -0.25) is 0 Å². The van der Waals surface area contributed by atoms with Gasteiger partial charge in [-0.05, 0) is 55.0 Å². The van der Waals surface area contributed by atoms with E-state index in [1.54, 1.807) is 41.3 Å². The fourth-order valence-corrected chi connectivity index (χ4v) is 3.49. The van der Waals surface area contributed by atoms with Gasteiger partial charge in [-0.1, -0.05) is 24.9 Å². The van der Waals surface area contributed by atoms with Crippen LogP contribution in [0.15, 0.2) is 58.4 Å². The molecule has 0 saturated heterocycles. The van der Waals surface area contributed by atoms with Gasteiger partial charge in [0.2, 0.25) is 10.0 Å². The monoisotopic (exact) mass is 423 g/mol. The Hall–Kier alpha value is -1.97. The molecule has 1 aliphatic heterocycles. The van der Waals surface area contributed by atoms with Gasteiger partial charge in [0.25, 0.3) is 5.91 Å². The van der Waals surface area contributed by atoms with Gasteiger partial charge in [-0.25, -0.2) is 18.5 Å². The third-order valence-corrected chi connectivity index (χ3v) is 5.49. The number of unbranched alkanes of at least 4 members (excludes halogenated alkanes) is 1. The molecule has 0 aliphatic carbocycles. The zero-order valence-corrected chi connectivity index (χ0v) is 16.9. The van der Waals surface area contributed by atoms with Crippen LogP contribution >= 0.6 is 11.6 Å². The van der Waals surface area contributed by atoms with E-state index in [0.717, 1.165) is 18.4 Å². The summed E-state index contributed by atoms with van der Waals surface area (Å²) in [6.07, 6.45) is 1.74. The van der Waals surface area contributed by atoms with E-state index >= 15 is 0 Å². The molecule has 28 heavy (non-hydrogen) atoms. The second-order valence-electron chi connectivity index (χ2n) is 6.51. The molecule has 1 heterocycles. The zero-order chi connectivity index (χ0) is 20.4. The van der Waals surface area contributed by atoms with Crippen molar-refractivity contribution in [2.24, 2.45) is 10.1 Å². The van der Waals surface area contributed by atoms with Gasteiger partial charge >= 0.3 is 0 Å². The Labute approximate surface area is 169 Å². The Bertz CT molecular complexity index is 962. The first-order chi connectivity index (χ1) is 13.2. The number of nitrogens with two attached hydrogens (primary N) is 1. The number of aliphatic hydroxyl groups is 1. The van der Waals surface area contributed by atoms with Gasteiger partial charge in [0.1, 0.15) is 12.4 Å². The molecule has 1 unspecified atom stereocenters. The Morgan fingerprint density at radius 1 is 1.21 bits per heavy atom. The average Bonchev–Trinajstić information content (AvgIpc) is 3.00. The first kappa shape index (κ1) is 20.8. The quantitative estimate of drug-likeness (QED) is 0.526. The van der Waals surface area contributed by atoms with E-state index in [0.29, 0.717) is 23.2 Å². The van der Waals surface area contributed by atoms with Gasteiger partial charge in [0.05, 0.1) is 11.5 Å². The summed E-state index contributed by atoms with van der Waals surface area (Å²) >= 11 is 5.98. The standard InChI is InChI=1S/C19H22ClN3O4S/c1-2-3-12-27-19(24)13-23(16-8-10-17(11-9-16)28(21,25)26)18(22-19)14-4-6-15(20)7-5-14/h4-11,24H,2-3,12-13H2,1H3,(H2,21,25,26). The molecule has 0 bridgehead atoms. The van der Waals surface area contributed by atoms with E-state index in [2.05, 4.69) is 4.99 Å². The number of nitrogens with zero attached hydrogens (tertiary/aromatic N) is 2. The SMILES string of the molecule is CCCCOC1(O)CN(c2ccc(S(N)(=O)=O)cc2)C(c2ccc(Cl)cc2)=N1. The molecule has 0 spiro atoms. The third kappa shape index (κ3) is 4.71. The summed E-state index contributed by atoms with van der Waals surface area (Å²) in [5.74, 6) is -1.19. The van der Waals surface area contributed by atoms with Crippen LogP contribution < -0.4 is 10.0 Å². The summed E-state index contributed by atoms with van der Waals surface area (Å²) in [5, 5.41) is 16.6. The summed E-state index contributed by atoms with van der Waals surface area (Å²) in [4.78, 5) is 6.19. The Balaban J connectivity index is 1.96. The number of β-amino-alcohol motifs (C(OH)–C–C–N with tert-alkyl or cyclic N) is 1. The van der Waals surface area contributed by atoms with Crippen LogP contribution in [0.3, 0.4) is 0 Å². The summed E-state index contributed by atoms with van der Waals surface area (Å²) in [6.45, 7) is 2.48. The normalized spacial score (nSPS) is 19.7. The summed E-state index contributed by atoms with van der Waals surface area (Å²) in [5.41, 5.74) is 1.39. The summed E-state index contributed by atoms with van der Waals surface area (Å²) in [6, 6.07) is 13.1. The number of hydrogen-bond donors (Lipinski definition) is 2. The largest absolute Gasteiger partial charge is 0.346 e. The lowest BCUT2D eigenvalue weighted by Gasteiger charge is -2.24. The number of amidine groups is 1. The maximum absolute atomic E-state index is 11.5. The fraction of sp³-hybridized carbons (Fsp3) is 0.316. The van der Waals surface area contributed by atoms with Gasteiger partial charge in [0.15, 0.2) is 0 Å². The predicted octanol–water partition coefficient (Wildman–Crippen LogP) is 2.72. The number of anilines is 1. The van der Waals surface area contributed by atoms with E-state index < -0.39 is 15.9 Å². The topological polar surface area (TPSA) is 105 Å². The van der Waals surface area contributed by atoms with Gasteiger partial charge in [-0.15, -0.1) is 0 Å². The lowest BCUT2D eigenvalue weighted by Crippen LogP contribution is -2.38. The molecule has 0 saturated carbocycles. The number of sulfonamides is 1. The minimum Gasteiger partial charge on any atom is -0.346 e. The van der Waals surface area contributed by atoms with Crippen molar-refractivity contribution in [3.63, 3.8) is 0 Å². The summed E-state index contributed by atoms with van der Waals surface area (Å²) < 4.78 is 28.6. The minimum atomic E-state index is -3.79. The second kappa shape index (κ2) is 8.18. The molecule has 0 aromatic heterocycles. The van der Waals surface area contributed by atoms with Crippen molar-refractivity contribution in [3.05, 3.63) is 59.1 Å². The Morgan fingerprint density at radius 3 is 2.43 bits per heavy atom. The maximum Gasteiger partial charge on any atom is 0.287 e. The smallest absolute Gasteiger partial charge is 0.287 e. The van der Waals surface area contributed by atoms with Crippen LogP contribution in [-0.2, 0) is 14.8 Å². The van der Waals surface area contributed by atoms with Gasteiger partial charge < -0.3 is 14.7 Å².